The molecule has 110 valence electrons. The molecule has 0 unspecified atom stereocenters. The van der Waals surface area contributed by atoms with Crippen LogP contribution in [-0.4, -0.2) is 58.7 Å². The van der Waals surface area contributed by atoms with Crippen LogP contribution in [0.1, 0.15) is 5.69 Å². The highest BCUT2D eigenvalue weighted by Gasteiger charge is 2.20. The Kier molecular flexibility index (Phi) is 6.14. The number of nitrogens with zero attached hydrogens (tertiary/aromatic N) is 2. The lowest BCUT2D eigenvalue weighted by Gasteiger charge is -2.15. The van der Waals surface area contributed by atoms with Crippen LogP contribution < -0.4 is 10.5 Å². The Morgan fingerprint density at radius 3 is 2.68 bits per heavy atom. The maximum atomic E-state index is 12.0. The quantitative estimate of drug-likeness (QED) is 0.695. The Bertz CT molecular complexity index is 501. The Morgan fingerprint density at radius 1 is 1.47 bits per heavy atom. The van der Waals surface area contributed by atoms with E-state index in [1.165, 1.54) is 0 Å². The van der Waals surface area contributed by atoms with Gasteiger partial charge in [-0.15, -0.1) is 0 Å². The molecule has 0 saturated carbocycles. The number of hydrogen-bond acceptors (Lipinski definition) is 7. The Hall–Kier alpha value is -0.740. The summed E-state index contributed by atoms with van der Waals surface area (Å²) < 4.78 is 31.7. The summed E-state index contributed by atoms with van der Waals surface area (Å²) in [6.07, 6.45) is 0. The summed E-state index contributed by atoms with van der Waals surface area (Å²) in [5.74, 6) is 0. The first-order valence-corrected chi connectivity index (χ1v) is 8.07. The van der Waals surface area contributed by atoms with Crippen molar-refractivity contribution in [2.75, 3.05) is 46.1 Å². The van der Waals surface area contributed by atoms with Gasteiger partial charge >= 0.3 is 0 Å². The number of nitrogens with one attached hydrogen (secondary N) is 1. The third kappa shape index (κ3) is 5.03. The number of thiazole rings is 1. The number of likely N-dealkylation sites (N-methyl/N-ethyl adjacent to an activating group) is 1. The number of rotatable bonds is 8. The SMILES string of the molecule is COCCN(C)CCNS(=O)(=O)c1sc(N)nc1C. The molecule has 1 aromatic heterocycles. The molecule has 0 radical (unpaired) electrons. The number of nitrogen functional groups attached to an aromatic ring is 1. The van der Waals surface area contributed by atoms with Crippen LogP contribution in [-0.2, 0) is 14.8 Å². The van der Waals surface area contributed by atoms with Crippen molar-refractivity contribution in [1.82, 2.24) is 14.6 Å². The molecule has 3 N–H and O–H groups in total. The lowest BCUT2D eigenvalue weighted by molar-refractivity contribution is 0.162. The molecule has 1 heterocycles. The lowest BCUT2D eigenvalue weighted by Crippen LogP contribution is -2.34. The minimum atomic E-state index is -3.52. The zero-order chi connectivity index (χ0) is 14.5. The molecule has 0 amide bonds. The minimum Gasteiger partial charge on any atom is -0.383 e. The zero-order valence-electron chi connectivity index (χ0n) is 11.3. The fourth-order valence-corrected chi connectivity index (χ4v) is 3.81. The maximum absolute atomic E-state index is 12.0. The van der Waals surface area contributed by atoms with Crippen molar-refractivity contribution in [3.8, 4) is 0 Å². The monoisotopic (exact) mass is 308 g/mol. The van der Waals surface area contributed by atoms with Crippen molar-refractivity contribution < 1.29 is 13.2 Å². The highest BCUT2D eigenvalue weighted by molar-refractivity contribution is 7.91. The van der Waals surface area contributed by atoms with Crippen molar-refractivity contribution in [3.63, 3.8) is 0 Å². The number of nitrogens with two attached hydrogens (primary N) is 1. The standard InChI is InChI=1S/C10H20N4O3S2/c1-8-9(18-10(11)13-8)19(15,16)12-4-5-14(2)6-7-17-3/h12H,4-7H2,1-3H3,(H2,11,13). The van der Waals surface area contributed by atoms with Gasteiger partial charge in [0, 0.05) is 26.7 Å². The van der Waals surface area contributed by atoms with Gasteiger partial charge in [-0.1, -0.05) is 11.3 Å². The number of aryl methyl sites for hydroxylation is 1. The fourth-order valence-electron chi connectivity index (χ4n) is 1.45. The van der Waals surface area contributed by atoms with Gasteiger partial charge in [-0.05, 0) is 14.0 Å². The molecule has 9 heteroatoms. The second-order valence-corrected chi connectivity index (χ2v) is 7.11. The van der Waals surface area contributed by atoms with Gasteiger partial charge in [-0.3, -0.25) is 0 Å². The van der Waals surface area contributed by atoms with E-state index < -0.39 is 10.0 Å². The van der Waals surface area contributed by atoms with Crippen molar-refractivity contribution in [3.05, 3.63) is 5.69 Å². The summed E-state index contributed by atoms with van der Waals surface area (Å²) in [5, 5.41) is 0.259. The van der Waals surface area contributed by atoms with Crippen molar-refractivity contribution >= 4 is 26.5 Å². The molecule has 0 bridgehead atoms. The highest BCUT2D eigenvalue weighted by Crippen LogP contribution is 2.24. The van der Waals surface area contributed by atoms with Gasteiger partial charge in [0.2, 0.25) is 0 Å². The van der Waals surface area contributed by atoms with E-state index in [1.54, 1.807) is 14.0 Å². The first-order valence-electron chi connectivity index (χ1n) is 5.77. The molecule has 0 aromatic carbocycles. The van der Waals surface area contributed by atoms with E-state index in [-0.39, 0.29) is 9.34 Å². The van der Waals surface area contributed by atoms with E-state index in [0.29, 0.717) is 25.4 Å². The van der Waals surface area contributed by atoms with Gasteiger partial charge in [-0.25, -0.2) is 18.1 Å². The number of ether oxygens (including phenoxy) is 1. The van der Waals surface area contributed by atoms with Gasteiger partial charge in [0.1, 0.15) is 0 Å². The lowest BCUT2D eigenvalue weighted by atomic mass is 10.5. The predicted molar refractivity (Wildman–Crippen MR) is 75.8 cm³/mol. The zero-order valence-corrected chi connectivity index (χ0v) is 13.0. The second-order valence-electron chi connectivity index (χ2n) is 4.12. The molecule has 0 aliphatic rings. The van der Waals surface area contributed by atoms with Crippen LogP contribution in [0.4, 0.5) is 5.13 Å². The van der Waals surface area contributed by atoms with Crippen LogP contribution in [0, 0.1) is 6.92 Å². The van der Waals surface area contributed by atoms with Crippen molar-refractivity contribution in [2.24, 2.45) is 0 Å². The summed E-state index contributed by atoms with van der Waals surface area (Å²) in [5.41, 5.74) is 5.93. The van der Waals surface area contributed by atoms with E-state index in [0.717, 1.165) is 17.9 Å². The molecule has 0 saturated heterocycles. The summed E-state index contributed by atoms with van der Waals surface area (Å²) in [6, 6.07) is 0. The average Bonchev–Trinajstić information content (AvgIpc) is 2.66. The molecule has 1 aromatic rings. The largest absolute Gasteiger partial charge is 0.383 e. The van der Waals surface area contributed by atoms with E-state index in [1.807, 2.05) is 11.9 Å². The van der Waals surface area contributed by atoms with E-state index >= 15 is 0 Å². The third-order valence-electron chi connectivity index (χ3n) is 2.48. The van der Waals surface area contributed by atoms with Crippen LogP contribution >= 0.6 is 11.3 Å². The fraction of sp³-hybridized carbons (Fsp3) is 0.700. The van der Waals surface area contributed by atoms with Gasteiger partial charge in [-0.2, -0.15) is 0 Å². The highest BCUT2D eigenvalue weighted by atomic mass is 32.2. The van der Waals surface area contributed by atoms with Crippen LogP contribution in [0.15, 0.2) is 4.21 Å². The van der Waals surface area contributed by atoms with Crippen LogP contribution in [0.2, 0.25) is 0 Å². The summed E-state index contributed by atoms with van der Waals surface area (Å²) in [7, 11) is 0.0203. The smallest absolute Gasteiger partial charge is 0.252 e. The van der Waals surface area contributed by atoms with Gasteiger partial charge in [0.15, 0.2) is 9.34 Å². The number of aromatic nitrogens is 1. The molecule has 0 aliphatic heterocycles. The van der Waals surface area contributed by atoms with Crippen molar-refractivity contribution in [2.45, 2.75) is 11.1 Å². The number of hydrogen-bond donors (Lipinski definition) is 2. The normalized spacial score (nSPS) is 12.2. The van der Waals surface area contributed by atoms with E-state index in [9.17, 15) is 8.42 Å². The molecule has 0 atom stereocenters. The van der Waals surface area contributed by atoms with E-state index in [2.05, 4.69) is 9.71 Å². The van der Waals surface area contributed by atoms with Gasteiger partial charge in [0.05, 0.1) is 12.3 Å². The Labute approximate surface area is 117 Å². The van der Waals surface area contributed by atoms with Crippen LogP contribution in [0.5, 0.6) is 0 Å². The van der Waals surface area contributed by atoms with Crippen LogP contribution in [0.25, 0.3) is 0 Å². The van der Waals surface area contributed by atoms with E-state index in [4.69, 9.17) is 10.5 Å². The van der Waals surface area contributed by atoms with Gasteiger partial charge in [0.25, 0.3) is 10.0 Å². The Morgan fingerprint density at radius 2 is 2.16 bits per heavy atom. The third-order valence-corrected chi connectivity index (χ3v) is 5.53. The second kappa shape index (κ2) is 7.15. The first kappa shape index (κ1) is 16.3. The molecule has 0 spiro atoms. The summed E-state index contributed by atoms with van der Waals surface area (Å²) >= 11 is 0.977. The maximum Gasteiger partial charge on any atom is 0.252 e. The summed E-state index contributed by atoms with van der Waals surface area (Å²) in [4.78, 5) is 5.90. The summed E-state index contributed by atoms with van der Waals surface area (Å²) in [6.45, 7) is 3.94. The number of anilines is 1. The van der Waals surface area contributed by atoms with Crippen LogP contribution in [0.3, 0.4) is 0 Å². The molecule has 19 heavy (non-hydrogen) atoms. The number of methoxy groups -OCH3 is 1. The topological polar surface area (TPSA) is 97.5 Å². The van der Waals surface area contributed by atoms with Crippen molar-refractivity contribution in [1.29, 1.82) is 0 Å². The average molecular weight is 308 g/mol. The Balaban J connectivity index is 2.50. The minimum absolute atomic E-state index is 0.185. The van der Waals surface area contributed by atoms with Gasteiger partial charge < -0.3 is 15.4 Å². The predicted octanol–water partition coefficient (Wildman–Crippen LogP) is -0.110. The molecular formula is C10H20N4O3S2. The molecule has 1 rings (SSSR count). The number of sulfonamides is 1. The molecular weight excluding hydrogens is 288 g/mol. The molecule has 7 nitrogen and oxygen atoms in total. The first-order chi connectivity index (χ1) is 8.86. The molecule has 0 fully saturated rings. The molecule has 0 aliphatic carbocycles.